The first-order chi connectivity index (χ1) is 8.70. The first-order valence-corrected chi connectivity index (χ1v) is 6.52. The summed E-state index contributed by atoms with van der Waals surface area (Å²) in [4.78, 5) is 0. The summed E-state index contributed by atoms with van der Waals surface area (Å²) in [6.07, 6.45) is 2.44. The second-order valence-electron chi connectivity index (χ2n) is 3.59. The van der Waals surface area contributed by atoms with Crippen LogP contribution in [-0.2, 0) is 6.42 Å². The number of nitrogen functional groups attached to an aromatic ring is 1. The third-order valence-corrected chi connectivity index (χ3v) is 2.98. The first kappa shape index (κ1) is 12.8. The predicted octanol–water partition coefficient (Wildman–Crippen LogP) is 1.60. The quantitative estimate of drug-likeness (QED) is 0.378. The number of halogens is 1. The summed E-state index contributed by atoms with van der Waals surface area (Å²) in [5, 5.41) is 11.9. The number of benzene rings is 1. The summed E-state index contributed by atoms with van der Waals surface area (Å²) in [6, 6.07) is 7.99. The minimum absolute atomic E-state index is 0.425. The molecule has 1 heterocycles. The summed E-state index contributed by atoms with van der Waals surface area (Å²) in [5.41, 5.74) is 3.77. The van der Waals surface area contributed by atoms with Crippen molar-refractivity contribution in [1.82, 2.24) is 14.9 Å². The molecule has 1 aromatic carbocycles. The first-order valence-electron chi connectivity index (χ1n) is 5.44. The average Bonchev–Trinajstić information content (AvgIpc) is 2.71. The molecule has 0 spiro atoms. The Morgan fingerprint density at radius 2 is 2.33 bits per heavy atom. The van der Waals surface area contributed by atoms with Gasteiger partial charge in [0.15, 0.2) is 5.82 Å². The van der Waals surface area contributed by atoms with Gasteiger partial charge in [-0.1, -0.05) is 19.1 Å². The molecule has 2 rings (SSSR count). The van der Waals surface area contributed by atoms with Gasteiger partial charge in [-0.2, -0.15) is 5.10 Å². The number of nitrogens with two attached hydrogens (primary N) is 1. The third-order valence-electron chi connectivity index (χ3n) is 2.31. The SMILES string of the molecule is CCc1nnc(N/N=C\c2cccc(I)c2)n1N. The average molecular weight is 356 g/mol. The number of nitrogens with zero attached hydrogens (tertiary/aromatic N) is 4. The number of hydrogen-bond acceptors (Lipinski definition) is 5. The van der Waals surface area contributed by atoms with Gasteiger partial charge in [0.1, 0.15) is 0 Å². The van der Waals surface area contributed by atoms with Gasteiger partial charge in [-0.05, 0) is 40.3 Å². The van der Waals surface area contributed by atoms with Gasteiger partial charge >= 0.3 is 0 Å². The van der Waals surface area contributed by atoms with E-state index in [0.29, 0.717) is 11.8 Å². The second kappa shape index (κ2) is 5.80. The van der Waals surface area contributed by atoms with Gasteiger partial charge in [0.05, 0.1) is 6.21 Å². The van der Waals surface area contributed by atoms with Crippen LogP contribution >= 0.6 is 22.6 Å². The fourth-order valence-corrected chi connectivity index (χ4v) is 1.96. The largest absolute Gasteiger partial charge is 0.335 e. The summed E-state index contributed by atoms with van der Waals surface area (Å²) in [6.45, 7) is 1.96. The summed E-state index contributed by atoms with van der Waals surface area (Å²) in [5.74, 6) is 6.91. The van der Waals surface area contributed by atoms with E-state index in [9.17, 15) is 0 Å². The lowest BCUT2D eigenvalue weighted by molar-refractivity contribution is 0.855. The van der Waals surface area contributed by atoms with Crippen molar-refractivity contribution in [3.05, 3.63) is 39.2 Å². The van der Waals surface area contributed by atoms with Crippen molar-refractivity contribution in [2.24, 2.45) is 5.10 Å². The second-order valence-corrected chi connectivity index (χ2v) is 4.83. The Bertz CT molecular complexity index is 562. The fraction of sp³-hybridized carbons (Fsp3) is 0.182. The van der Waals surface area contributed by atoms with Gasteiger partial charge in [0.2, 0.25) is 0 Å². The highest BCUT2D eigenvalue weighted by atomic mass is 127. The molecule has 0 aliphatic rings. The van der Waals surface area contributed by atoms with Crippen LogP contribution in [0.15, 0.2) is 29.4 Å². The molecule has 18 heavy (non-hydrogen) atoms. The minimum Gasteiger partial charge on any atom is -0.335 e. The van der Waals surface area contributed by atoms with Crippen LogP contribution in [-0.4, -0.2) is 21.1 Å². The van der Waals surface area contributed by atoms with Crippen LogP contribution in [0.3, 0.4) is 0 Å². The lowest BCUT2D eigenvalue weighted by Gasteiger charge is -2.00. The topological polar surface area (TPSA) is 81.1 Å². The monoisotopic (exact) mass is 356 g/mol. The molecule has 2 aromatic rings. The van der Waals surface area contributed by atoms with Crippen molar-refractivity contribution in [2.45, 2.75) is 13.3 Å². The highest BCUT2D eigenvalue weighted by Gasteiger charge is 2.05. The molecule has 7 heteroatoms. The van der Waals surface area contributed by atoms with Gasteiger partial charge in [-0.3, -0.25) is 0 Å². The molecule has 0 bridgehead atoms. The molecule has 0 amide bonds. The van der Waals surface area contributed by atoms with E-state index >= 15 is 0 Å². The maximum Gasteiger partial charge on any atom is 0.263 e. The summed E-state index contributed by atoms with van der Waals surface area (Å²) >= 11 is 2.25. The Morgan fingerprint density at radius 1 is 1.50 bits per heavy atom. The number of hydrogen-bond donors (Lipinski definition) is 2. The molecule has 0 saturated carbocycles. The number of aromatic nitrogens is 3. The molecule has 0 unspecified atom stereocenters. The van der Waals surface area contributed by atoms with Crippen molar-refractivity contribution in [3.8, 4) is 0 Å². The van der Waals surface area contributed by atoms with E-state index in [1.54, 1.807) is 6.21 Å². The van der Waals surface area contributed by atoms with Crippen LogP contribution in [0.2, 0.25) is 0 Å². The molecule has 0 saturated heterocycles. The van der Waals surface area contributed by atoms with Gasteiger partial charge in [-0.15, -0.1) is 10.2 Å². The zero-order valence-corrected chi connectivity index (χ0v) is 12.0. The van der Waals surface area contributed by atoms with Crippen molar-refractivity contribution in [3.63, 3.8) is 0 Å². The van der Waals surface area contributed by atoms with Crippen LogP contribution in [0.4, 0.5) is 5.95 Å². The molecular formula is C11H13IN6. The van der Waals surface area contributed by atoms with Crippen molar-refractivity contribution in [1.29, 1.82) is 0 Å². The molecule has 3 N–H and O–H groups in total. The minimum atomic E-state index is 0.425. The molecule has 94 valence electrons. The molecular weight excluding hydrogens is 343 g/mol. The van der Waals surface area contributed by atoms with E-state index in [1.165, 1.54) is 4.68 Å². The van der Waals surface area contributed by atoms with Crippen LogP contribution in [0.1, 0.15) is 18.3 Å². The predicted molar refractivity (Wildman–Crippen MR) is 79.9 cm³/mol. The van der Waals surface area contributed by atoms with E-state index in [2.05, 4.69) is 43.3 Å². The van der Waals surface area contributed by atoms with Gasteiger partial charge in [0.25, 0.3) is 5.95 Å². The highest BCUT2D eigenvalue weighted by Crippen LogP contribution is 2.06. The van der Waals surface area contributed by atoms with Crippen molar-refractivity contribution in [2.75, 3.05) is 11.3 Å². The normalized spacial score (nSPS) is 11.0. The number of anilines is 1. The van der Waals surface area contributed by atoms with E-state index in [4.69, 9.17) is 5.84 Å². The summed E-state index contributed by atoms with van der Waals surface area (Å²) in [7, 11) is 0. The maximum absolute atomic E-state index is 5.77. The third kappa shape index (κ3) is 2.97. The Balaban J connectivity index is 2.05. The van der Waals surface area contributed by atoms with Gasteiger partial charge in [-0.25, -0.2) is 10.1 Å². The van der Waals surface area contributed by atoms with E-state index in [0.717, 1.165) is 15.6 Å². The van der Waals surface area contributed by atoms with Crippen LogP contribution in [0, 0.1) is 3.57 Å². The molecule has 0 fully saturated rings. The molecule has 0 aliphatic heterocycles. The summed E-state index contributed by atoms with van der Waals surface area (Å²) < 4.78 is 2.55. The van der Waals surface area contributed by atoms with E-state index in [1.807, 2.05) is 31.2 Å². The number of aryl methyl sites for hydroxylation is 1. The van der Waals surface area contributed by atoms with Crippen molar-refractivity contribution >= 4 is 34.8 Å². The van der Waals surface area contributed by atoms with Crippen LogP contribution in [0.5, 0.6) is 0 Å². The highest BCUT2D eigenvalue weighted by molar-refractivity contribution is 14.1. The van der Waals surface area contributed by atoms with Gasteiger partial charge < -0.3 is 5.84 Å². The smallest absolute Gasteiger partial charge is 0.263 e. The molecule has 0 aliphatic carbocycles. The number of rotatable bonds is 4. The fourth-order valence-electron chi connectivity index (χ4n) is 1.39. The Morgan fingerprint density at radius 3 is 3.00 bits per heavy atom. The van der Waals surface area contributed by atoms with Crippen LogP contribution in [0.25, 0.3) is 0 Å². The number of nitrogens with one attached hydrogen (secondary N) is 1. The number of hydrazone groups is 1. The standard InChI is InChI=1S/C11H13IN6/c1-2-10-15-17-11(18(10)13)16-14-7-8-4-3-5-9(12)6-8/h3-7H,2,13H2,1H3,(H,16,17)/b14-7-. The lowest BCUT2D eigenvalue weighted by Crippen LogP contribution is -2.14. The Kier molecular flexibility index (Phi) is 4.13. The maximum atomic E-state index is 5.77. The zero-order valence-electron chi connectivity index (χ0n) is 9.84. The molecule has 6 nitrogen and oxygen atoms in total. The Hall–Kier alpha value is -1.64. The van der Waals surface area contributed by atoms with E-state index in [-0.39, 0.29) is 0 Å². The Labute approximate surface area is 118 Å². The molecule has 0 radical (unpaired) electrons. The lowest BCUT2D eigenvalue weighted by atomic mass is 10.2. The van der Waals surface area contributed by atoms with Gasteiger partial charge in [0, 0.05) is 9.99 Å². The van der Waals surface area contributed by atoms with Crippen molar-refractivity contribution < 1.29 is 0 Å². The van der Waals surface area contributed by atoms with E-state index < -0.39 is 0 Å². The zero-order chi connectivity index (χ0) is 13.0. The van der Waals surface area contributed by atoms with Crippen LogP contribution < -0.4 is 11.3 Å². The molecule has 1 aromatic heterocycles. The molecule has 0 atom stereocenters.